The first-order valence-corrected chi connectivity index (χ1v) is 5.28. The molecule has 0 unspecified atom stereocenters. The summed E-state index contributed by atoms with van der Waals surface area (Å²) in [4.78, 5) is 4.30. The van der Waals surface area contributed by atoms with Crippen molar-refractivity contribution in [3.8, 4) is 0 Å². The van der Waals surface area contributed by atoms with E-state index in [1.165, 1.54) is 0 Å². The van der Waals surface area contributed by atoms with E-state index in [1.807, 2.05) is 42.5 Å². The van der Waals surface area contributed by atoms with Crippen LogP contribution in [-0.4, -0.2) is 5.84 Å². The van der Waals surface area contributed by atoms with Gasteiger partial charge in [0.15, 0.2) is 0 Å². The second-order valence-electron chi connectivity index (χ2n) is 3.34. The maximum Gasteiger partial charge on any atom is 0.131 e. The fourth-order valence-electron chi connectivity index (χ4n) is 1.36. The van der Waals surface area contributed by atoms with Crippen molar-refractivity contribution in [3.63, 3.8) is 0 Å². The van der Waals surface area contributed by atoms with Gasteiger partial charge in [-0.05, 0) is 18.2 Å². The summed E-state index contributed by atoms with van der Waals surface area (Å²) in [7, 11) is 0. The predicted octanol–water partition coefficient (Wildman–Crippen LogP) is 3.38. The smallest absolute Gasteiger partial charge is 0.131 e. The van der Waals surface area contributed by atoms with Crippen LogP contribution in [0.3, 0.4) is 0 Å². The Morgan fingerprint density at radius 3 is 2.44 bits per heavy atom. The quantitative estimate of drug-likeness (QED) is 0.624. The number of nitrogens with two attached hydrogens (primary N) is 1. The summed E-state index contributed by atoms with van der Waals surface area (Å²) in [6.07, 6.45) is 0. The normalized spacial score (nSPS) is 11.4. The lowest BCUT2D eigenvalue weighted by molar-refractivity contribution is 1.45. The standard InChI is InChI=1S/C13H11ClN2/c14-11-7-4-8-12(9-11)16-13(15)10-5-2-1-3-6-10/h1-9H,(H2,15,16). The summed E-state index contributed by atoms with van der Waals surface area (Å²) < 4.78 is 0. The van der Waals surface area contributed by atoms with Gasteiger partial charge in [0.25, 0.3) is 0 Å². The maximum absolute atomic E-state index is 5.88. The highest BCUT2D eigenvalue weighted by atomic mass is 35.5. The molecule has 80 valence electrons. The first-order chi connectivity index (χ1) is 7.75. The summed E-state index contributed by atoms with van der Waals surface area (Å²) in [5, 5.41) is 0.655. The summed E-state index contributed by atoms with van der Waals surface area (Å²) in [6.45, 7) is 0. The molecular formula is C13H11ClN2. The second kappa shape index (κ2) is 4.81. The van der Waals surface area contributed by atoms with E-state index in [4.69, 9.17) is 17.3 Å². The van der Waals surface area contributed by atoms with Crippen molar-refractivity contribution in [2.45, 2.75) is 0 Å². The van der Waals surface area contributed by atoms with E-state index < -0.39 is 0 Å². The molecule has 2 nitrogen and oxygen atoms in total. The molecule has 0 aliphatic rings. The van der Waals surface area contributed by atoms with Crippen molar-refractivity contribution >= 4 is 23.1 Å². The Kier molecular flexibility index (Phi) is 3.22. The van der Waals surface area contributed by atoms with E-state index in [0.717, 1.165) is 11.3 Å². The number of hydrogen-bond acceptors (Lipinski definition) is 1. The zero-order valence-corrected chi connectivity index (χ0v) is 9.35. The van der Waals surface area contributed by atoms with Gasteiger partial charge in [-0.2, -0.15) is 0 Å². The number of nitrogens with zero attached hydrogens (tertiary/aromatic N) is 1. The van der Waals surface area contributed by atoms with E-state index in [9.17, 15) is 0 Å². The SMILES string of the molecule is NC(=Nc1cccc(Cl)c1)c1ccccc1. The van der Waals surface area contributed by atoms with E-state index in [-0.39, 0.29) is 0 Å². The van der Waals surface area contributed by atoms with Crippen molar-refractivity contribution in [2.75, 3.05) is 0 Å². The van der Waals surface area contributed by atoms with Gasteiger partial charge in [-0.3, -0.25) is 0 Å². The number of amidine groups is 1. The molecule has 0 atom stereocenters. The minimum Gasteiger partial charge on any atom is -0.383 e. The zero-order valence-electron chi connectivity index (χ0n) is 8.60. The third-order valence-electron chi connectivity index (χ3n) is 2.13. The van der Waals surface area contributed by atoms with Gasteiger partial charge in [-0.15, -0.1) is 0 Å². The van der Waals surface area contributed by atoms with Gasteiger partial charge in [0.05, 0.1) is 5.69 Å². The monoisotopic (exact) mass is 230 g/mol. The Morgan fingerprint density at radius 1 is 1.00 bits per heavy atom. The highest BCUT2D eigenvalue weighted by Crippen LogP contribution is 2.18. The van der Waals surface area contributed by atoms with Gasteiger partial charge >= 0.3 is 0 Å². The van der Waals surface area contributed by atoms with Crippen LogP contribution in [0, 0.1) is 0 Å². The lowest BCUT2D eigenvalue weighted by Crippen LogP contribution is -2.12. The van der Waals surface area contributed by atoms with Crippen molar-refractivity contribution in [1.82, 2.24) is 0 Å². The van der Waals surface area contributed by atoms with Gasteiger partial charge < -0.3 is 5.73 Å². The van der Waals surface area contributed by atoms with E-state index in [0.29, 0.717) is 10.9 Å². The van der Waals surface area contributed by atoms with E-state index in [1.54, 1.807) is 12.1 Å². The van der Waals surface area contributed by atoms with Gasteiger partial charge in [-0.25, -0.2) is 4.99 Å². The molecule has 2 aromatic carbocycles. The van der Waals surface area contributed by atoms with Gasteiger partial charge in [0, 0.05) is 10.6 Å². The predicted molar refractivity (Wildman–Crippen MR) is 68.3 cm³/mol. The molecule has 0 heterocycles. The summed E-state index contributed by atoms with van der Waals surface area (Å²) >= 11 is 5.86. The average molecular weight is 231 g/mol. The van der Waals surface area contributed by atoms with Crippen molar-refractivity contribution in [1.29, 1.82) is 0 Å². The van der Waals surface area contributed by atoms with Crippen LogP contribution < -0.4 is 5.73 Å². The third kappa shape index (κ3) is 2.61. The average Bonchev–Trinajstić information content (AvgIpc) is 2.30. The molecule has 0 aliphatic carbocycles. The van der Waals surface area contributed by atoms with Crippen molar-refractivity contribution < 1.29 is 0 Å². The van der Waals surface area contributed by atoms with Crippen LogP contribution in [0.4, 0.5) is 5.69 Å². The number of hydrogen-bond donors (Lipinski definition) is 1. The molecule has 0 spiro atoms. The molecule has 3 heteroatoms. The Morgan fingerprint density at radius 2 is 1.75 bits per heavy atom. The first-order valence-electron chi connectivity index (χ1n) is 4.91. The van der Waals surface area contributed by atoms with E-state index >= 15 is 0 Å². The van der Waals surface area contributed by atoms with Crippen molar-refractivity contribution in [3.05, 3.63) is 65.2 Å². The molecule has 0 bridgehead atoms. The van der Waals surface area contributed by atoms with Crippen molar-refractivity contribution in [2.24, 2.45) is 10.7 Å². The summed E-state index contributed by atoms with van der Waals surface area (Å²) in [5.41, 5.74) is 7.55. The molecule has 16 heavy (non-hydrogen) atoms. The minimum atomic E-state index is 0.489. The first kappa shape index (κ1) is 10.7. The van der Waals surface area contributed by atoms with Crippen LogP contribution in [0.1, 0.15) is 5.56 Å². The van der Waals surface area contributed by atoms with Crippen LogP contribution in [0.15, 0.2) is 59.6 Å². The second-order valence-corrected chi connectivity index (χ2v) is 3.78. The van der Waals surface area contributed by atoms with Crippen LogP contribution in [0.2, 0.25) is 5.02 Å². The lowest BCUT2D eigenvalue weighted by atomic mass is 10.2. The zero-order chi connectivity index (χ0) is 11.4. The topological polar surface area (TPSA) is 38.4 Å². The largest absolute Gasteiger partial charge is 0.383 e. The highest BCUT2D eigenvalue weighted by Gasteiger charge is 1.97. The van der Waals surface area contributed by atoms with Gasteiger partial charge in [-0.1, -0.05) is 48.0 Å². The van der Waals surface area contributed by atoms with Crippen LogP contribution >= 0.6 is 11.6 Å². The lowest BCUT2D eigenvalue weighted by Gasteiger charge is -2.00. The molecule has 2 rings (SSSR count). The molecule has 2 aromatic rings. The Labute approximate surface area is 99.4 Å². The molecule has 0 saturated heterocycles. The number of benzene rings is 2. The Hall–Kier alpha value is -1.80. The molecule has 0 saturated carbocycles. The molecule has 2 N–H and O–H groups in total. The van der Waals surface area contributed by atoms with E-state index in [2.05, 4.69) is 4.99 Å². The summed E-state index contributed by atoms with van der Waals surface area (Å²) in [5.74, 6) is 0.489. The summed E-state index contributed by atoms with van der Waals surface area (Å²) in [6, 6.07) is 16.9. The fourth-order valence-corrected chi connectivity index (χ4v) is 1.54. The van der Waals surface area contributed by atoms with Crippen LogP contribution in [-0.2, 0) is 0 Å². The highest BCUT2D eigenvalue weighted by molar-refractivity contribution is 6.30. The number of halogens is 1. The maximum atomic E-state index is 5.88. The molecule has 0 fully saturated rings. The molecular weight excluding hydrogens is 220 g/mol. The molecule has 0 aliphatic heterocycles. The Balaban J connectivity index is 2.32. The van der Waals surface area contributed by atoms with Crippen LogP contribution in [0.5, 0.6) is 0 Å². The minimum absolute atomic E-state index is 0.489. The Bertz CT molecular complexity index is 506. The fraction of sp³-hybridized carbons (Fsp3) is 0. The molecule has 0 amide bonds. The molecule has 0 radical (unpaired) electrons. The number of rotatable bonds is 2. The van der Waals surface area contributed by atoms with Gasteiger partial charge in [0.2, 0.25) is 0 Å². The third-order valence-corrected chi connectivity index (χ3v) is 2.36. The molecule has 0 aromatic heterocycles. The number of aliphatic imine (C=N–C) groups is 1. The van der Waals surface area contributed by atoms with Gasteiger partial charge in [0.1, 0.15) is 5.84 Å². The van der Waals surface area contributed by atoms with Crippen LogP contribution in [0.25, 0.3) is 0 Å².